The molecule has 1 unspecified atom stereocenters. The molecule has 0 radical (unpaired) electrons. The fraction of sp³-hybridized carbons (Fsp3) is 0.500. The Bertz CT molecular complexity index is 514. The molecule has 0 aliphatic carbocycles. The number of hydrogen-bond acceptors (Lipinski definition) is 4. The van der Waals surface area contributed by atoms with E-state index in [0.717, 1.165) is 25.2 Å². The Balaban J connectivity index is 1.96. The van der Waals surface area contributed by atoms with E-state index in [1.807, 2.05) is 6.07 Å². The minimum absolute atomic E-state index is 0.0947. The van der Waals surface area contributed by atoms with Gasteiger partial charge in [0.25, 0.3) is 0 Å². The molecule has 1 saturated heterocycles. The number of methoxy groups -OCH3 is 1. The molecule has 1 atom stereocenters. The molecule has 2 N–H and O–H groups in total. The van der Waals surface area contributed by atoms with Crippen LogP contribution in [0.4, 0.5) is 0 Å². The first-order chi connectivity index (χ1) is 9.42. The molecule has 20 heavy (non-hydrogen) atoms. The predicted molar refractivity (Wildman–Crippen MR) is 77.9 cm³/mol. The van der Waals surface area contributed by atoms with Crippen LogP contribution in [0.15, 0.2) is 16.6 Å². The van der Waals surface area contributed by atoms with Crippen LogP contribution >= 0.6 is 15.9 Å². The summed E-state index contributed by atoms with van der Waals surface area (Å²) in [5.41, 5.74) is 1.02. The number of benzene rings is 1. The molecule has 1 aromatic carbocycles. The molecular weight excluding hydrogens is 326 g/mol. The van der Waals surface area contributed by atoms with Crippen LogP contribution in [0.2, 0.25) is 0 Å². The Morgan fingerprint density at radius 1 is 1.55 bits per heavy atom. The van der Waals surface area contributed by atoms with Gasteiger partial charge in [-0.2, -0.15) is 0 Å². The summed E-state index contributed by atoms with van der Waals surface area (Å²) in [6, 6.07) is 3.65. The number of carboxylic acids is 1. The molecule has 0 aromatic heterocycles. The quantitative estimate of drug-likeness (QED) is 0.858. The highest BCUT2D eigenvalue weighted by atomic mass is 79.9. The van der Waals surface area contributed by atoms with Gasteiger partial charge in [0, 0.05) is 19.6 Å². The number of rotatable bonds is 5. The number of phenols is 1. The lowest BCUT2D eigenvalue weighted by Gasteiger charge is -2.41. The van der Waals surface area contributed by atoms with Crippen LogP contribution in [-0.2, 0) is 11.3 Å². The molecule has 0 amide bonds. The number of ether oxygens (including phenoxy) is 1. The standard InChI is InChI=1S/C14H18BrNO4/c1-8(14(18)19)10-6-16(7-10)5-9-3-11(15)13(17)12(4-9)20-2/h3-4,8,10,17H,5-7H2,1-2H3,(H,18,19). The number of aliphatic carboxylic acids is 1. The zero-order chi connectivity index (χ0) is 14.9. The van der Waals surface area contributed by atoms with Crippen molar-refractivity contribution in [3.8, 4) is 11.5 Å². The van der Waals surface area contributed by atoms with Crippen LogP contribution in [0, 0.1) is 11.8 Å². The van der Waals surface area contributed by atoms with Gasteiger partial charge in [0.15, 0.2) is 11.5 Å². The summed E-state index contributed by atoms with van der Waals surface area (Å²) in [5, 5.41) is 18.7. The van der Waals surface area contributed by atoms with E-state index in [4.69, 9.17) is 9.84 Å². The van der Waals surface area contributed by atoms with Gasteiger partial charge in [-0.1, -0.05) is 6.92 Å². The average molecular weight is 344 g/mol. The number of carbonyl (C=O) groups is 1. The molecule has 0 bridgehead atoms. The number of halogens is 1. The molecule has 1 heterocycles. The van der Waals surface area contributed by atoms with E-state index in [9.17, 15) is 9.90 Å². The first kappa shape index (κ1) is 15.1. The van der Waals surface area contributed by atoms with Gasteiger partial charge in [-0.25, -0.2) is 0 Å². The number of aromatic hydroxyl groups is 1. The van der Waals surface area contributed by atoms with Gasteiger partial charge in [0.1, 0.15) is 0 Å². The highest BCUT2D eigenvalue weighted by Crippen LogP contribution is 2.36. The molecule has 1 aromatic rings. The minimum atomic E-state index is -0.733. The molecule has 1 aliphatic heterocycles. The molecule has 2 rings (SSSR count). The van der Waals surface area contributed by atoms with Crippen LogP contribution in [0.1, 0.15) is 12.5 Å². The van der Waals surface area contributed by atoms with Crippen LogP contribution in [0.3, 0.4) is 0 Å². The van der Waals surface area contributed by atoms with Crippen LogP contribution < -0.4 is 4.74 Å². The summed E-state index contributed by atoms with van der Waals surface area (Å²) < 4.78 is 5.71. The molecular formula is C14H18BrNO4. The van der Waals surface area contributed by atoms with Gasteiger partial charge in [0.2, 0.25) is 0 Å². The second kappa shape index (κ2) is 6.01. The monoisotopic (exact) mass is 343 g/mol. The Kier molecular flexibility index (Phi) is 4.55. The molecule has 1 fully saturated rings. The van der Waals surface area contributed by atoms with Gasteiger partial charge in [-0.3, -0.25) is 9.69 Å². The number of nitrogens with zero attached hydrogens (tertiary/aromatic N) is 1. The van der Waals surface area contributed by atoms with Crippen molar-refractivity contribution in [3.05, 3.63) is 22.2 Å². The Labute approximate surface area is 126 Å². The average Bonchev–Trinajstić information content (AvgIpc) is 2.36. The number of hydrogen-bond donors (Lipinski definition) is 2. The lowest BCUT2D eigenvalue weighted by molar-refractivity contribution is -0.145. The van der Waals surface area contributed by atoms with Gasteiger partial charge in [-0.05, 0) is 39.5 Å². The van der Waals surface area contributed by atoms with E-state index < -0.39 is 5.97 Å². The fourth-order valence-corrected chi connectivity index (χ4v) is 2.88. The molecule has 1 aliphatic rings. The summed E-state index contributed by atoms with van der Waals surface area (Å²) in [4.78, 5) is 13.1. The SMILES string of the molecule is COc1cc(CN2CC(C(C)C(=O)O)C2)cc(Br)c1O. The van der Waals surface area contributed by atoms with Gasteiger partial charge in [-0.15, -0.1) is 0 Å². The molecule has 110 valence electrons. The summed E-state index contributed by atoms with van der Waals surface area (Å²) in [5.74, 6) is -0.284. The minimum Gasteiger partial charge on any atom is -0.503 e. The predicted octanol–water partition coefficient (Wildman–Crippen LogP) is 2.32. The maximum Gasteiger partial charge on any atom is 0.306 e. The first-order valence-corrected chi connectivity index (χ1v) is 7.22. The maximum absolute atomic E-state index is 10.9. The third-order valence-corrected chi connectivity index (χ3v) is 4.40. The normalized spacial score (nSPS) is 17.6. The van der Waals surface area contributed by atoms with E-state index in [0.29, 0.717) is 10.2 Å². The van der Waals surface area contributed by atoms with E-state index in [1.54, 1.807) is 13.0 Å². The van der Waals surface area contributed by atoms with Crippen molar-refractivity contribution < 1.29 is 19.7 Å². The Morgan fingerprint density at radius 2 is 2.20 bits per heavy atom. The van der Waals surface area contributed by atoms with Crippen LogP contribution in [0.25, 0.3) is 0 Å². The molecule has 5 nitrogen and oxygen atoms in total. The summed E-state index contributed by atoms with van der Waals surface area (Å²) in [7, 11) is 1.51. The fourth-order valence-electron chi connectivity index (χ4n) is 2.39. The van der Waals surface area contributed by atoms with E-state index in [2.05, 4.69) is 20.8 Å². The topological polar surface area (TPSA) is 70.0 Å². The van der Waals surface area contributed by atoms with E-state index >= 15 is 0 Å². The van der Waals surface area contributed by atoms with Crippen molar-refractivity contribution >= 4 is 21.9 Å². The Hall–Kier alpha value is -1.27. The second-order valence-electron chi connectivity index (χ2n) is 5.21. The van der Waals surface area contributed by atoms with Crippen LogP contribution in [-0.4, -0.2) is 41.3 Å². The van der Waals surface area contributed by atoms with Crippen molar-refractivity contribution in [1.29, 1.82) is 0 Å². The smallest absolute Gasteiger partial charge is 0.306 e. The highest BCUT2D eigenvalue weighted by Gasteiger charge is 2.34. The first-order valence-electron chi connectivity index (χ1n) is 6.43. The zero-order valence-electron chi connectivity index (χ0n) is 11.5. The van der Waals surface area contributed by atoms with Crippen molar-refractivity contribution in [3.63, 3.8) is 0 Å². The molecule has 0 spiro atoms. The van der Waals surface area contributed by atoms with E-state index in [1.165, 1.54) is 7.11 Å². The molecule has 0 saturated carbocycles. The third-order valence-electron chi connectivity index (χ3n) is 3.80. The number of likely N-dealkylation sites (tertiary alicyclic amines) is 1. The third kappa shape index (κ3) is 3.07. The van der Waals surface area contributed by atoms with Crippen molar-refractivity contribution in [2.45, 2.75) is 13.5 Å². The van der Waals surface area contributed by atoms with Gasteiger partial charge < -0.3 is 14.9 Å². The van der Waals surface area contributed by atoms with Gasteiger partial charge in [0.05, 0.1) is 17.5 Å². The van der Waals surface area contributed by atoms with Crippen LogP contribution in [0.5, 0.6) is 11.5 Å². The summed E-state index contributed by atoms with van der Waals surface area (Å²) >= 11 is 3.30. The summed E-state index contributed by atoms with van der Waals surface area (Å²) in [6.07, 6.45) is 0. The number of carboxylic acid groups (broad SMARTS) is 1. The molecule has 6 heteroatoms. The summed E-state index contributed by atoms with van der Waals surface area (Å²) in [6.45, 7) is 4.05. The lowest BCUT2D eigenvalue weighted by Crippen LogP contribution is -2.50. The van der Waals surface area contributed by atoms with Crippen molar-refractivity contribution in [2.24, 2.45) is 11.8 Å². The van der Waals surface area contributed by atoms with Crippen molar-refractivity contribution in [2.75, 3.05) is 20.2 Å². The second-order valence-corrected chi connectivity index (χ2v) is 6.06. The largest absolute Gasteiger partial charge is 0.503 e. The maximum atomic E-state index is 10.9. The van der Waals surface area contributed by atoms with Crippen molar-refractivity contribution in [1.82, 2.24) is 4.90 Å². The van der Waals surface area contributed by atoms with Gasteiger partial charge >= 0.3 is 5.97 Å². The van der Waals surface area contributed by atoms with E-state index in [-0.39, 0.29) is 17.6 Å². The zero-order valence-corrected chi connectivity index (χ0v) is 13.1. The Morgan fingerprint density at radius 3 is 2.75 bits per heavy atom. The lowest BCUT2D eigenvalue weighted by atomic mass is 9.87. The number of phenolic OH excluding ortho intramolecular Hbond substituents is 1. The highest BCUT2D eigenvalue weighted by molar-refractivity contribution is 9.10.